The number of ether oxygens (including phenoxy) is 3. The molecule has 2 heterocycles. The van der Waals surface area contributed by atoms with Crippen molar-refractivity contribution in [1.29, 1.82) is 0 Å². The van der Waals surface area contributed by atoms with Gasteiger partial charge in [0.25, 0.3) is 0 Å². The van der Waals surface area contributed by atoms with Crippen LogP contribution in [0.2, 0.25) is 0 Å². The molecule has 4 rings (SSSR count). The molecule has 7 nitrogen and oxygen atoms in total. The molecule has 31 heavy (non-hydrogen) atoms. The van der Waals surface area contributed by atoms with E-state index < -0.39 is 0 Å². The lowest BCUT2D eigenvalue weighted by Crippen LogP contribution is -2.16. The van der Waals surface area contributed by atoms with E-state index in [0.717, 1.165) is 11.3 Å². The molecule has 2 aromatic carbocycles. The summed E-state index contributed by atoms with van der Waals surface area (Å²) in [6, 6.07) is 13.1. The van der Waals surface area contributed by atoms with Crippen molar-refractivity contribution in [1.82, 2.24) is 14.8 Å². The van der Waals surface area contributed by atoms with Gasteiger partial charge in [-0.2, -0.15) is 0 Å². The van der Waals surface area contributed by atoms with Crippen molar-refractivity contribution < 1.29 is 19.0 Å². The monoisotopic (exact) mass is 437 g/mol. The fourth-order valence-corrected chi connectivity index (χ4v) is 3.99. The molecule has 0 bridgehead atoms. The number of aryl methyl sites for hydroxylation is 1. The van der Waals surface area contributed by atoms with Gasteiger partial charge in [-0.1, -0.05) is 30.0 Å². The topological polar surface area (TPSA) is 75.5 Å². The lowest BCUT2D eigenvalue weighted by Gasteiger charge is -2.18. The third-order valence-electron chi connectivity index (χ3n) is 4.66. The van der Waals surface area contributed by atoms with E-state index in [9.17, 15) is 4.79 Å². The van der Waals surface area contributed by atoms with Gasteiger partial charge in [-0.25, -0.2) is 0 Å². The number of carbonyl (C=O) groups excluding carboxylic acids is 1. The largest absolute Gasteiger partial charge is 0.486 e. The van der Waals surface area contributed by atoms with Gasteiger partial charge in [0, 0.05) is 12.1 Å². The predicted molar refractivity (Wildman–Crippen MR) is 118 cm³/mol. The molecule has 0 atom stereocenters. The molecule has 0 saturated heterocycles. The van der Waals surface area contributed by atoms with Gasteiger partial charge < -0.3 is 14.2 Å². The average molecular weight is 438 g/mol. The van der Waals surface area contributed by atoms with Gasteiger partial charge in [0.15, 0.2) is 28.3 Å². The number of benzene rings is 2. The number of Topliss-reactive ketones (excluding diaryl/α,β-unsaturated/α-hetero) is 1. The van der Waals surface area contributed by atoms with E-state index >= 15 is 0 Å². The number of hydrogen-bond donors (Lipinski definition) is 0. The second-order valence-corrected chi connectivity index (χ2v) is 7.92. The van der Waals surface area contributed by atoms with Gasteiger partial charge in [0.2, 0.25) is 0 Å². The van der Waals surface area contributed by atoms with Crippen LogP contribution in [0.5, 0.6) is 17.2 Å². The van der Waals surface area contributed by atoms with Gasteiger partial charge in [-0.15, -0.1) is 16.8 Å². The third kappa shape index (κ3) is 5.08. The first-order valence-corrected chi connectivity index (χ1v) is 10.9. The molecular formula is C23H23N3O4S. The maximum absolute atomic E-state index is 12.7. The summed E-state index contributed by atoms with van der Waals surface area (Å²) in [5.41, 5.74) is 1.70. The SMILES string of the molecule is C=CCn1c(COc2cccc(C)c2)nnc1SCC(=O)c1ccc2c(c1)OCCO2. The zero-order chi connectivity index (χ0) is 21.6. The predicted octanol–water partition coefficient (Wildman–Crippen LogP) is 4.10. The van der Waals surface area contributed by atoms with E-state index in [-0.39, 0.29) is 18.1 Å². The van der Waals surface area contributed by atoms with Crippen molar-refractivity contribution in [2.75, 3.05) is 19.0 Å². The smallest absolute Gasteiger partial charge is 0.192 e. The highest BCUT2D eigenvalue weighted by Crippen LogP contribution is 2.31. The third-order valence-corrected chi connectivity index (χ3v) is 5.63. The molecule has 0 saturated carbocycles. The van der Waals surface area contributed by atoms with Crippen LogP contribution in [0, 0.1) is 6.92 Å². The molecular weight excluding hydrogens is 414 g/mol. The molecule has 1 aromatic heterocycles. The van der Waals surface area contributed by atoms with Gasteiger partial charge in [0.05, 0.1) is 5.75 Å². The molecule has 0 N–H and O–H groups in total. The van der Waals surface area contributed by atoms with Crippen LogP contribution in [-0.2, 0) is 13.2 Å². The van der Waals surface area contributed by atoms with Crippen LogP contribution in [0.4, 0.5) is 0 Å². The number of carbonyl (C=O) groups is 1. The van der Waals surface area contributed by atoms with Crippen LogP contribution in [0.15, 0.2) is 60.3 Å². The van der Waals surface area contributed by atoms with Crippen LogP contribution >= 0.6 is 11.8 Å². The maximum Gasteiger partial charge on any atom is 0.192 e. The fourth-order valence-electron chi connectivity index (χ4n) is 3.13. The number of hydrogen-bond acceptors (Lipinski definition) is 7. The molecule has 0 spiro atoms. The lowest BCUT2D eigenvalue weighted by atomic mass is 10.1. The first-order chi connectivity index (χ1) is 15.1. The van der Waals surface area contributed by atoms with Crippen molar-refractivity contribution >= 4 is 17.5 Å². The van der Waals surface area contributed by atoms with Crippen molar-refractivity contribution in [2.45, 2.75) is 25.2 Å². The quantitative estimate of drug-likeness (QED) is 0.283. The second kappa shape index (κ2) is 9.70. The Morgan fingerprint density at radius 3 is 2.84 bits per heavy atom. The van der Waals surface area contributed by atoms with E-state index in [0.29, 0.717) is 47.8 Å². The summed E-state index contributed by atoms with van der Waals surface area (Å²) >= 11 is 1.34. The molecule has 0 radical (unpaired) electrons. The number of thioether (sulfide) groups is 1. The Morgan fingerprint density at radius 1 is 1.19 bits per heavy atom. The van der Waals surface area contributed by atoms with E-state index in [1.54, 1.807) is 24.3 Å². The molecule has 8 heteroatoms. The Kier molecular flexibility index (Phi) is 6.57. The molecule has 160 valence electrons. The van der Waals surface area contributed by atoms with Crippen molar-refractivity contribution in [3.63, 3.8) is 0 Å². The second-order valence-electron chi connectivity index (χ2n) is 6.97. The van der Waals surface area contributed by atoms with E-state index in [2.05, 4.69) is 16.8 Å². The minimum atomic E-state index is -0.0207. The Morgan fingerprint density at radius 2 is 2.03 bits per heavy atom. The summed E-state index contributed by atoms with van der Waals surface area (Å²) in [5, 5.41) is 9.15. The number of nitrogens with zero attached hydrogens (tertiary/aromatic N) is 3. The van der Waals surface area contributed by atoms with Gasteiger partial charge >= 0.3 is 0 Å². The number of aromatic nitrogens is 3. The molecule has 1 aliphatic heterocycles. The normalized spacial score (nSPS) is 12.4. The summed E-state index contributed by atoms with van der Waals surface area (Å²) < 4.78 is 18.8. The standard InChI is InChI=1S/C23H23N3O4S/c1-3-9-26-22(14-30-18-6-4-5-16(2)12-18)24-25-23(26)31-15-19(27)17-7-8-20-21(13-17)29-11-10-28-20/h3-8,12-13H,1,9-11,14-15H2,2H3. The van der Waals surface area contributed by atoms with Crippen LogP contribution in [0.25, 0.3) is 0 Å². The van der Waals surface area contributed by atoms with E-state index in [1.165, 1.54) is 11.8 Å². The number of ketones is 1. The van der Waals surface area contributed by atoms with Crippen LogP contribution in [0.3, 0.4) is 0 Å². The number of allylic oxidation sites excluding steroid dienone is 1. The summed E-state index contributed by atoms with van der Waals surface area (Å²) in [4.78, 5) is 12.7. The van der Waals surface area contributed by atoms with Crippen LogP contribution < -0.4 is 14.2 Å². The number of fused-ring (bicyclic) bond motifs is 1. The molecule has 0 aliphatic carbocycles. The zero-order valence-electron chi connectivity index (χ0n) is 17.2. The minimum absolute atomic E-state index is 0.0207. The Bertz CT molecular complexity index is 1100. The Balaban J connectivity index is 1.42. The van der Waals surface area contributed by atoms with Crippen LogP contribution in [0.1, 0.15) is 21.7 Å². The van der Waals surface area contributed by atoms with Crippen molar-refractivity contribution in [2.24, 2.45) is 0 Å². The zero-order valence-corrected chi connectivity index (χ0v) is 18.1. The summed E-state index contributed by atoms with van der Waals surface area (Å²) in [5.74, 6) is 2.93. The Hall–Kier alpha value is -3.26. The van der Waals surface area contributed by atoms with E-state index in [4.69, 9.17) is 14.2 Å². The van der Waals surface area contributed by atoms with Crippen LogP contribution in [-0.4, -0.2) is 39.5 Å². The first kappa shape index (κ1) is 21.0. The van der Waals surface area contributed by atoms with Gasteiger partial charge in [0.1, 0.15) is 25.6 Å². The average Bonchev–Trinajstić information content (AvgIpc) is 3.17. The minimum Gasteiger partial charge on any atom is -0.486 e. The fraction of sp³-hybridized carbons (Fsp3) is 0.261. The van der Waals surface area contributed by atoms with Crippen molar-refractivity contribution in [3.05, 3.63) is 72.1 Å². The molecule has 3 aromatic rings. The first-order valence-electron chi connectivity index (χ1n) is 9.92. The highest BCUT2D eigenvalue weighted by atomic mass is 32.2. The molecule has 1 aliphatic rings. The highest BCUT2D eigenvalue weighted by molar-refractivity contribution is 7.99. The van der Waals surface area contributed by atoms with Gasteiger partial charge in [-0.05, 0) is 42.8 Å². The number of rotatable bonds is 9. The summed E-state index contributed by atoms with van der Waals surface area (Å²) in [6.45, 7) is 7.64. The van der Waals surface area contributed by atoms with Gasteiger partial charge in [-0.3, -0.25) is 9.36 Å². The molecule has 0 fully saturated rings. The molecule has 0 amide bonds. The maximum atomic E-state index is 12.7. The van der Waals surface area contributed by atoms with E-state index in [1.807, 2.05) is 35.8 Å². The summed E-state index contributed by atoms with van der Waals surface area (Å²) in [6.07, 6.45) is 1.77. The highest BCUT2D eigenvalue weighted by Gasteiger charge is 2.17. The Labute approximate surface area is 185 Å². The summed E-state index contributed by atoms with van der Waals surface area (Å²) in [7, 11) is 0. The lowest BCUT2D eigenvalue weighted by molar-refractivity contribution is 0.102. The molecule has 0 unspecified atom stereocenters. The van der Waals surface area contributed by atoms with Crippen molar-refractivity contribution in [3.8, 4) is 17.2 Å².